The Labute approximate surface area is 215 Å². The zero-order valence-electron chi connectivity index (χ0n) is 20.8. The zero-order valence-corrected chi connectivity index (χ0v) is 21.7. The van der Waals surface area contributed by atoms with Gasteiger partial charge in [-0.3, -0.25) is 24.3 Å². The van der Waals surface area contributed by atoms with Gasteiger partial charge >= 0.3 is 0 Å². The van der Waals surface area contributed by atoms with Gasteiger partial charge in [0, 0.05) is 43.3 Å². The van der Waals surface area contributed by atoms with Gasteiger partial charge in [0.15, 0.2) is 0 Å². The Morgan fingerprint density at radius 1 is 1.22 bits per heavy atom. The fourth-order valence-electron chi connectivity index (χ4n) is 4.81. The van der Waals surface area contributed by atoms with Gasteiger partial charge < -0.3 is 15.5 Å². The molecule has 1 saturated heterocycles. The number of nitrogens with one attached hydrogen (secondary N) is 2. The molecule has 2 aromatic rings. The Morgan fingerprint density at radius 3 is 2.81 bits per heavy atom. The Balaban J connectivity index is 1.61. The summed E-state index contributed by atoms with van der Waals surface area (Å²) in [5.74, 6) is -1.25. The van der Waals surface area contributed by atoms with Crippen molar-refractivity contribution in [3.63, 3.8) is 0 Å². The molecule has 2 atom stereocenters. The van der Waals surface area contributed by atoms with Crippen LogP contribution in [-0.2, 0) is 22.6 Å². The molecule has 2 aliphatic heterocycles. The van der Waals surface area contributed by atoms with Crippen molar-refractivity contribution in [2.24, 2.45) is 5.92 Å². The molecule has 8 nitrogen and oxygen atoms in total. The Morgan fingerprint density at radius 2 is 2.06 bits per heavy atom. The van der Waals surface area contributed by atoms with E-state index in [0.717, 1.165) is 10.4 Å². The molecule has 36 heavy (non-hydrogen) atoms. The van der Waals surface area contributed by atoms with Gasteiger partial charge in [-0.15, -0.1) is 11.3 Å². The first-order valence-electron chi connectivity index (χ1n) is 12.6. The number of carbonyl (C=O) groups excluding carboxylic acids is 3. The lowest BCUT2D eigenvalue weighted by Gasteiger charge is -2.32. The molecule has 3 heterocycles. The lowest BCUT2D eigenvalue weighted by molar-refractivity contribution is -0.126. The molecule has 3 amide bonds. The molecule has 10 heteroatoms. The van der Waals surface area contributed by atoms with E-state index in [0.29, 0.717) is 51.9 Å². The van der Waals surface area contributed by atoms with Crippen LogP contribution in [0.3, 0.4) is 0 Å². The van der Waals surface area contributed by atoms with Crippen LogP contribution in [0, 0.1) is 11.7 Å². The fraction of sp³-hybridized carbons (Fsp3) is 0.538. The standard InChI is InChI=1S/C26H34FN5O3S/c1-17(2)22-14-31(13-19-12-28-16-36-19)15-24(33)29-9-3-5-18-7-8-21(27)20(11-18)26(35)32-10-4-6-23(32)25(34)30-22/h7-8,11-12,16-17,22-23H,3-6,9-10,13-15H2,1-2H3,(H,29,33)(H,30,34)/t22-,23-/m0/s1. The normalized spacial score (nSPS) is 22.8. The van der Waals surface area contributed by atoms with Crippen molar-refractivity contribution in [1.82, 2.24) is 25.4 Å². The van der Waals surface area contributed by atoms with Crippen LogP contribution in [0.25, 0.3) is 0 Å². The number of nitrogens with zero attached hydrogens (tertiary/aromatic N) is 3. The highest BCUT2D eigenvalue weighted by atomic mass is 32.1. The first-order valence-corrected chi connectivity index (χ1v) is 13.5. The molecule has 0 aliphatic carbocycles. The molecule has 0 spiro atoms. The van der Waals surface area contributed by atoms with Gasteiger partial charge in [0.05, 0.1) is 17.6 Å². The molecular formula is C26H34FN5O3S. The van der Waals surface area contributed by atoms with E-state index in [4.69, 9.17) is 0 Å². The molecule has 194 valence electrons. The summed E-state index contributed by atoms with van der Waals surface area (Å²) in [6.45, 7) is 6.18. The van der Waals surface area contributed by atoms with Crippen molar-refractivity contribution in [1.29, 1.82) is 0 Å². The number of thiazole rings is 1. The van der Waals surface area contributed by atoms with Crippen LogP contribution in [0.4, 0.5) is 4.39 Å². The molecule has 2 aliphatic rings. The second-order valence-electron chi connectivity index (χ2n) is 9.92. The third kappa shape index (κ3) is 6.47. The Hall–Kier alpha value is -2.85. The molecule has 1 aromatic carbocycles. The number of aromatic nitrogens is 1. The van der Waals surface area contributed by atoms with Crippen molar-refractivity contribution in [3.8, 4) is 0 Å². The van der Waals surface area contributed by atoms with E-state index in [9.17, 15) is 18.8 Å². The maximum absolute atomic E-state index is 14.7. The molecular weight excluding hydrogens is 481 g/mol. The first-order chi connectivity index (χ1) is 17.3. The zero-order chi connectivity index (χ0) is 25.7. The summed E-state index contributed by atoms with van der Waals surface area (Å²) in [6.07, 6.45) is 4.29. The number of hydrogen-bond donors (Lipinski definition) is 2. The van der Waals surface area contributed by atoms with Crippen LogP contribution in [0.2, 0.25) is 0 Å². The van der Waals surface area contributed by atoms with Crippen LogP contribution >= 0.6 is 11.3 Å². The summed E-state index contributed by atoms with van der Waals surface area (Å²) >= 11 is 1.53. The van der Waals surface area contributed by atoms with E-state index in [2.05, 4.69) is 15.6 Å². The summed E-state index contributed by atoms with van der Waals surface area (Å²) in [5, 5.41) is 6.11. The second-order valence-corrected chi connectivity index (χ2v) is 10.9. The van der Waals surface area contributed by atoms with Gasteiger partial charge in [0.1, 0.15) is 11.9 Å². The number of carbonyl (C=O) groups is 3. The topological polar surface area (TPSA) is 94.6 Å². The van der Waals surface area contributed by atoms with E-state index in [1.807, 2.05) is 18.7 Å². The van der Waals surface area contributed by atoms with Gasteiger partial charge in [-0.1, -0.05) is 19.9 Å². The molecule has 1 fully saturated rings. The highest BCUT2D eigenvalue weighted by Crippen LogP contribution is 2.23. The highest BCUT2D eigenvalue weighted by Gasteiger charge is 2.37. The number of fused-ring (bicyclic) bond motifs is 3. The van der Waals surface area contributed by atoms with Gasteiger partial charge in [0.25, 0.3) is 5.91 Å². The van der Waals surface area contributed by atoms with Crippen molar-refractivity contribution in [2.75, 3.05) is 26.2 Å². The van der Waals surface area contributed by atoms with Gasteiger partial charge in [-0.2, -0.15) is 0 Å². The Bertz CT molecular complexity index is 1080. The molecule has 0 unspecified atom stereocenters. The number of benzene rings is 1. The predicted octanol–water partition coefficient (Wildman–Crippen LogP) is 2.59. The Kier molecular flexibility index (Phi) is 8.68. The van der Waals surface area contributed by atoms with E-state index in [-0.39, 0.29) is 35.9 Å². The maximum atomic E-state index is 14.7. The summed E-state index contributed by atoms with van der Waals surface area (Å²) in [6, 6.07) is 3.69. The third-order valence-electron chi connectivity index (χ3n) is 6.86. The third-order valence-corrected chi connectivity index (χ3v) is 7.62. The van der Waals surface area contributed by atoms with Gasteiger partial charge in [-0.05, 0) is 49.3 Å². The maximum Gasteiger partial charge on any atom is 0.257 e. The minimum atomic E-state index is -0.643. The predicted molar refractivity (Wildman–Crippen MR) is 136 cm³/mol. The van der Waals surface area contributed by atoms with E-state index < -0.39 is 17.8 Å². The number of rotatable bonds is 3. The van der Waals surface area contributed by atoms with Gasteiger partial charge in [0.2, 0.25) is 11.8 Å². The lowest BCUT2D eigenvalue weighted by Crippen LogP contribution is -2.53. The molecule has 2 N–H and O–H groups in total. The quantitative estimate of drug-likeness (QED) is 0.655. The summed E-state index contributed by atoms with van der Waals surface area (Å²) in [4.78, 5) is 48.2. The molecule has 1 aromatic heterocycles. The summed E-state index contributed by atoms with van der Waals surface area (Å²) in [5.41, 5.74) is 2.59. The molecule has 0 saturated carbocycles. The van der Waals surface area contributed by atoms with Crippen LogP contribution in [0.1, 0.15) is 53.9 Å². The fourth-order valence-corrected chi connectivity index (χ4v) is 5.45. The highest BCUT2D eigenvalue weighted by molar-refractivity contribution is 7.09. The smallest absolute Gasteiger partial charge is 0.257 e. The second kappa shape index (κ2) is 11.9. The van der Waals surface area contributed by atoms with Crippen molar-refractivity contribution in [2.45, 2.75) is 58.2 Å². The average molecular weight is 516 g/mol. The van der Waals surface area contributed by atoms with Crippen molar-refractivity contribution in [3.05, 3.63) is 51.7 Å². The first kappa shape index (κ1) is 26.2. The van der Waals surface area contributed by atoms with Crippen molar-refractivity contribution >= 4 is 29.1 Å². The van der Waals surface area contributed by atoms with Crippen LogP contribution in [0.5, 0.6) is 0 Å². The number of aryl methyl sites for hydroxylation is 1. The molecule has 0 radical (unpaired) electrons. The largest absolute Gasteiger partial charge is 0.355 e. The molecule has 2 bridgehead atoms. The number of halogens is 1. The summed E-state index contributed by atoms with van der Waals surface area (Å²) in [7, 11) is 0. The minimum absolute atomic E-state index is 0.00306. The van der Waals surface area contributed by atoms with Crippen LogP contribution in [0.15, 0.2) is 29.9 Å². The lowest BCUT2D eigenvalue weighted by atomic mass is 10.0. The SMILES string of the molecule is CC(C)[C@@H]1CN(Cc2cncs2)CC(=O)NCCCc2ccc(F)c(c2)C(=O)N2CCC[C@H]2C(=O)N1. The monoisotopic (exact) mass is 515 g/mol. The molecule has 4 rings (SSSR count). The summed E-state index contributed by atoms with van der Waals surface area (Å²) < 4.78 is 14.7. The number of hydrogen-bond acceptors (Lipinski definition) is 6. The van der Waals surface area contributed by atoms with Gasteiger partial charge in [-0.25, -0.2) is 4.39 Å². The number of amides is 3. The van der Waals surface area contributed by atoms with E-state index in [1.165, 1.54) is 22.3 Å². The van der Waals surface area contributed by atoms with Crippen LogP contribution in [-0.4, -0.2) is 70.8 Å². The van der Waals surface area contributed by atoms with Crippen molar-refractivity contribution < 1.29 is 18.8 Å². The van der Waals surface area contributed by atoms with Crippen LogP contribution < -0.4 is 10.6 Å². The van der Waals surface area contributed by atoms with E-state index in [1.54, 1.807) is 23.8 Å². The minimum Gasteiger partial charge on any atom is -0.355 e. The van der Waals surface area contributed by atoms with E-state index >= 15 is 0 Å². The average Bonchev–Trinajstić information content (AvgIpc) is 3.53.